The summed E-state index contributed by atoms with van der Waals surface area (Å²) >= 11 is 0. The number of benzene rings is 4. The van der Waals surface area contributed by atoms with Crippen molar-refractivity contribution in [2.75, 3.05) is 30.4 Å². The summed E-state index contributed by atoms with van der Waals surface area (Å²) in [7, 11) is 1.78. The standard InChI is InChI=1S/C41H51N5O3/c1-5-6-7-8-14-26-43-40(49)46(4)34-19-15-18-33(28-34)31-24-22-30(23-25-31)27-37(39(48)44-29-41(2,3)42)45-36-21-13-12-20-35(36)38(47)32-16-10-9-11-17-32/h9-13,15-25,28,37,45H,5-8,14,26-27,29,42H2,1-4H3,(H,43,49)(H,44,48). The molecule has 0 aromatic heterocycles. The molecule has 0 bridgehead atoms. The predicted octanol–water partition coefficient (Wildman–Crippen LogP) is 7.58. The van der Waals surface area contributed by atoms with E-state index in [4.69, 9.17) is 5.73 Å². The number of nitrogens with one attached hydrogen (secondary N) is 3. The summed E-state index contributed by atoms with van der Waals surface area (Å²) in [4.78, 5) is 41.4. The molecule has 3 amide bonds. The van der Waals surface area contributed by atoms with Crippen LogP contribution in [0.4, 0.5) is 16.2 Å². The van der Waals surface area contributed by atoms with Crippen LogP contribution in [0.15, 0.2) is 103 Å². The largest absolute Gasteiger partial charge is 0.373 e. The second-order valence-corrected chi connectivity index (χ2v) is 13.3. The highest BCUT2D eigenvalue weighted by Crippen LogP contribution is 2.26. The quantitative estimate of drug-likeness (QED) is 0.0688. The molecule has 49 heavy (non-hydrogen) atoms. The van der Waals surface area contributed by atoms with E-state index < -0.39 is 11.6 Å². The van der Waals surface area contributed by atoms with Gasteiger partial charge in [0.2, 0.25) is 5.91 Å². The van der Waals surface area contributed by atoms with E-state index in [1.165, 1.54) is 19.3 Å². The maximum atomic E-state index is 13.6. The number of nitrogens with two attached hydrogens (primary N) is 1. The third-order valence-electron chi connectivity index (χ3n) is 8.39. The highest BCUT2D eigenvalue weighted by Gasteiger charge is 2.24. The van der Waals surface area contributed by atoms with Gasteiger partial charge in [-0.05, 0) is 61.2 Å². The SMILES string of the molecule is CCCCCCCNC(=O)N(C)c1cccc(-c2ccc(CC(Nc3ccccc3C(=O)c3ccccc3)C(=O)NCC(C)(C)N)cc2)c1. The Morgan fingerprint density at radius 2 is 1.47 bits per heavy atom. The number of rotatable bonds is 17. The van der Waals surface area contributed by atoms with Crippen molar-refractivity contribution in [2.45, 2.75) is 70.9 Å². The topological polar surface area (TPSA) is 117 Å². The molecule has 0 saturated heterocycles. The van der Waals surface area contributed by atoms with E-state index in [1.807, 2.05) is 98.8 Å². The maximum Gasteiger partial charge on any atom is 0.321 e. The fraction of sp³-hybridized carbons (Fsp3) is 0.341. The summed E-state index contributed by atoms with van der Waals surface area (Å²) in [6, 6.07) is 31.5. The van der Waals surface area contributed by atoms with Crippen molar-refractivity contribution in [1.82, 2.24) is 10.6 Å². The van der Waals surface area contributed by atoms with Gasteiger partial charge in [0.15, 0.2) is 5.78 Å². The maximum absolute atomic E-state index is 13.6. The Balaban J connectivity index is 1.48. The second kappa shape index (κ2) is 18.0. The van der Waals surface area contributed by atoms with Gasteiger partial charge in [-0.25, -0.2) is 4.79 Å². The number of carbonyl (C=O) groups excluding carboxylic acids is 3. The molecule has 258 valence electrons. The Labute approximate surface area is 291 Å². The number of hydrogen-bond acceptors (Lipinski definition) is 5. The van der Waals surface area contributed by atoms with Gasteiger partial charge in [-0.15, -0.1) is 0 Å². The van der Waals surface area contributed by atoms with Crippen molar-refractivity contribution in [2.24, 2.45) is 5.73 Å². The Morgan fingerprint density at radius 1 is 0.776 bits per heavy atom. The molecule has 0 radical (unpaired) electrons. The van der Waals surface area contributed by atoms with Gasteiger partial charge >= 0.3 is 6.03 Å². The second-order valence-electron chi connectivity index (χ2n) is 13.3. The van der Waals surface area contributed by atoms with Gasteiger partial charge < -0.3 is 21.7 Å². The Morgan fingerprint density at radius 3 is 2.18 bits per heavy atom. The molecule has 0 saturated carbocycles. The normalized spacial score (nSPS) is 11.8. The Kier molecular flexibility index (Phi) is 13.5. The number of unbranched alkanes of at least 4 members (excludes halogenated alkanes) is 4. The fourth-order valence-electron chi connectivity index (χ4n) is 5.51. The van der Waals surface area contributed by atoms with E-state index in [0.717, 1.165) is 35.2 Å². The number of para-hydroxylation sites is 1. The van der Waals surface area contributed by atoms with Crippen molar-refractivity contribution in [3.63, 3.8) is 0 Å². The number of anilines is 2. The van der Waals surface area contributed by atoms with Gasteiger partial charge in [-0.2, -0.15) is 0 Å². The van der Waals surface area contributed by atoms with Crippen LogP contribution in [0, 0.1) is 0 Å². The highest BCUT2D eigenvalue weighted by molar-refractivity contribution is 6.12. The molecule has 1 unspecified atom stereocenters. The molecule has 0 aliphatic rings. The van der Waals surface area contributed by atoms with Gasteiger partial charge in [0.25, 0.3) is 0 Å². The monoisotopic (exact) mass is 661 g/mol. The molecule has 8 heteroatoms. The van der Waals surface area contributed by atoms with Crippen molar-refractivity contribution >= 4 is 29.1 Å². The average molecular weight is 662 g/mol. The van der Waals surface area contributed by atoms with E-state index >= 15 is 0 Å². The van der Waals surface area contributed by atoms with Crippen LogP contribution < -0.4 is 26.6 Å². The first kappa shape index (κ1) is 36.9. The Hall–Kier alpha value is -4.95. The molecule has 0 aliphatic carbocycles. The first-order chi connectivity index (χ1) is 23.6. The number of carbonyl (C=O) groups is 3. The van der Waals surface area contributed by atoms with Gasteiger partial charge in [-0.3, -0.25) is 14.5 Å². The number of hydrogen-bond donors (Lipinski definition) is 4. The van der Waals surface area contributed by atoms with Gasteiger partial charge in [0.1, 0.15) is 6.04 Å². The lowest BCUT2D eigenvalue weighted by Crippen LogP contribution is -2.49. The van der Waals surface area contributed by atoms with Crippen LogP contribution in [0.1, 0.15) is 74.4 Å². The minimum atomic E-state index is -0.667. The van der Waals surface area contributed by atoms with E-state index in [-0.39, 0.29) is 17.7 Å². The lowest BCUT2D eigenvalue weighted by Gasteiger charge is -2.24. The molecule has 4 aromatic carbocycles. The van der Waals surface area contributed by atoms with Crippen molar-refractivity contribution in [3.8, 4) is 11.1 Å². The first-order valence-corrected chi connectivity index (χ1v) is 17.3. The number of ketones is 1. The average Bonchev–Trinajstić information content (AvgIpc) is 3.11. The lowest BCUT2D eigenvalue weighted by molar-refractivity contribution is -0.122. The number of amides is 3. The minimum absolute atomic E-state index is 0.120. The van der Waals surface area contributed by atoms with Crippen LogP contribution in [0.5, 0.6) is 0 Å². The summed E-state index contributed by atoms with van der Waals surface area (Å²) in [5.41, 5.74) is 11.0. The van der Waals surface area contributed by atoms with Gasteiger partial charge in [0.05, 0.1) is 0 Å². The zero-order valence-electron chi connectivity index (χ0n) is 29.3. The Bertz CT molecular complexity index is 1660. The van der Waals surface area contributed by atoms with Crippen LogP contribution in [0.25, 0.3) is 11.1 Å². The summed E-state index contributed by atoms with van der Waals surface area (Å²) in [6.45, 7) is 6.88. The van der Waals surface area contributed by atoms with E-state index in [2.05, 4.69) is 22.9 Å². The van der Waals surface area contributed by atoms with Gasteiger partial charge in [-0.1, -0.05) is 111 Å². The van der Waals surface area contributed by atoms with Crippen LogP contribution >= 0.6 is 0 Å². The molecule has 0 fully saturated rings. The molecular formula is C41H51N5O3. The van der Waals surface area contributed by atoms with Crippen molar-refractivity contribution < 1.29 is 14.4 Å². The molecular weight excluding hydrogens is 610 g/mol. The van der Waals surface area contributed by atoms with Crippen molar-refractivity contribution in [3.05, 3.63) is 120 Å². The van der Waals surface area contributed by atoms with Crippen LogP contribution in [-0.2, 0) is 11.2 Å². The highest BCUT2D eigenvalue weighted by atomic mass is 16.2. The molecule has 0 heterocycles. The molecule has 0 aliphatic heterocycles. The predicted molar refractivity (Wildman–Crippen MR) is 201 cm³/mol. The van der Waals surface area contributed by atoms with Gasteiger partial charge in [0, 0.05) is 54.6 Å². The zero-order valence-corrected chi connectivity index (χ0v) is 29.3. The smallest absolute Gasteiger partial charge is 0.321 e. The van der Waals surface area contributed by atoms with Crippen LogP contribution in [-0.4, -0.2) is 49.4 Å². The fourth-order valence-corrected chi connectivity index (χ4v) is 5.51. The number of urea groups is 1. The minimum Gasteiger partial charge on any atom is -0.373 e. The summed E-state index contributed by atoms with van der Waals surface area (Å²) in [5, 5.41) is 9.38. The molecule has 4 rings (SSSR count). The molecule has 5 N–H and O–H groups in total. The molecule has 8 nitrogen and oxygen atoms in total. The lowest BCUT2D eigenvalue weighted by atomic mass is 9.98. The third kappa shape index (κ3) is 11.3. The molecule has 0 spiro atoms. The first-order valence-electron chi connectivity index (χ1n) is 17.3. The van der Waals surface area contributed by atoms with E-state index in [1.54, 1.807) is 30.1 Å². The summed E-state index contributed by atoms with van der Waals surface area (Å²) in [6.07, 6.45) is 6.11. The summed E-state index contributed by atoms with van der Waals surface area (Å²) < 4.78 is 0. The third-order valence-corrected chi connectivity index (χ3v) is 8.39. The molecule has 4 aromatic rings. The number of nitrogens with zero attached hydrogens (tertiary/aromatic N) is 1. The van der Waals surface area contributed by atoms with Crippen molar-refractivity contribution in [1.29, 1.82) is 0 Å². The van der Waals surface area contributed by atoms with E-state index in [9.17, 15) is 14.4 Å². The van der Waals surface area contributed by atoms with E-state index in [0.29, 0.717) is 36.3 Å². The zero-order chi connectivity index (χ0) is 35.2. The van der Waals surface area contributed by atoms with Crippen LogP contribution in [0.3, 0.4) is 0 Å². The van der Waals surface area contributed by atoms with Crippen LogP contribution in [0.2, 0.25) is 0 Å². The molecule has 1 atom stereocenters. The summed E-state index contributed by atoms with van der Waals surface area (Å²) in [5.74, 6) is -0.331.